The summed E-state index contributed by atoms with van der Waals surface area (Å²) in [4.78, 5) is 26.7. The second kappa shape index (κ2) is 10.5. The Morgan fingerprint density at radius 3 is 2.44 bits per heavy atom. The fourth-order valence-corrected chi connectivity index (χ4v) is 3.85. The van der Waals surface area contributed by atoms with Crippen LogP contribution in [0.1, 0.15) is 50.3 Å². The summed E-state index contributed by atoms with van der Waals surface area (Å²) in [6.07, 6.45) is 4.95. The minimum Gasteiger partial charge on any atom is -0.483 e. The molecule has 1 N–H and O–H groups in total. The molecule has 5 nitrogen and oxygen atoms in total. The molecule has 0 atom stereocenters. The molecule has 2 aromatic rings. The van der Waals surface area contributed by atoms with E-state index in [1.807, 2.05) is 53.4 Å². The van der Waals surface area contributed by atoms with Gasteiger partial charge in [0.2, 0.25) is 5.91 Å². The Kier molecular flexibility index (Phi) is 7.73. The van der Waals surface area contributed by atoms with Crippen molar-refractivity contribution in [2.75, 3.05) is 19.7 Å². The van der Waals surface area contributed by atoms with Gasteiger partial charge in [-0.1, -0.05) is 68.8 Å². The average molecular weight is 435 g/mol. The highest BCUT2D eigenvalue weighted by molar-refractivity contribution is 5.91. The lowest BCUT2D eigenvalue weighted by Gasteiger charge is -2.31. The van der Waals surface area contributed by atoms with Crippen molar-refractivity contribution in [3.63, 3.8) is 0 Å². The molecule has 1 saturated heterocycles. The summed E-state index contributed by atoms with van der Waals surface area (Å²) < 4.78 is 5.87. The minimum atomic E-state index is -0.126. The van der Waals surface area contributed by atoms with Crippen molar-refractivity contribution in [2.45, 2.75) is 52.0 Å². The Morgan fingerprint density at radius 1 is 1.09 bits per heavy atom. The predicted octanol–water partition coefficient (Wildman–Crippen LogP) is 4.49. The number of ether oxygens (including phenoxy) is 1. The maximum absolute atomic E-state index is 12.5. The van der Waals surface area contributed by atoms with Gasteiger partial charge in [0.25, 0.3) is 5.91 Å². The van der Waals surface area contributed by atoms with Gasteiger partial charge < -0.3 is 15.0 Å². The van der Waals surface area contributed by atoms with Crippen LogP contribution in [0.25, 0.3) is 6.08 Å². The number of aryl methyl sites for hydroxylation is 1. The van der Waals surface area contributed by atoms with Gasteiger partial charge in [-0.05, 0) is 48.4 Å². The summed E-state index contributed by atoms with van der Waals surface area (Å²) in [6.45, 7) is 9.73. The SMILES string of the molecule is Cc1ccc(OCC(=O)NC2CCN(C(=O)/C=C/c3ccccc3)CC2)c(C(C)(C)C)c1. The topological polar surface area (TPSA) is 58.6 Å². The first-order chi connectivity index (χ1) is 15.2. The molecule has 3 rings (SSSR count). The van der Waals surface area contributed by atoms with Gasteiger partial charge in [-0.15, -0.1) is 0 Å². The molecule has 0 radical (unpaired) electrons. The van der Waals surface area contributed by atoms with Crippen molar-refractivity contribution in [2.24, 2.45) is 0 Å². The zero-order chi connectivity index (χ0) is 23.1. The lowest BCUT2D eigenvalue weighted by molar-refractivity contribution is -0.127. The van der Waals surface area contributed by atoms with Gasteiger partial charge in [0, 0.05) is 25.2 Å². The zero-order valence-electron chi connectivity index (χ0n) is 19.6. The van der Waals surface area contributed by atoms with Crippen LogP contribution >= 0.6 is 0 Å². The van der Waals surface area contributed by atoms with E-state index >= 15 is 0 Å². The van der Waals surface area contributed by atoms with E-state index < -0.39 is 0 Å². The van der Waals surface area contributed by atoms with Crippen molar-refractivity contribution in [1.82, 2.24) is 10.2 Å². The van der Waals surface area contributed by atoms with Gasteiger partial charge >= 0.3 is 0 Å². The quantitative estimate of drug-likeness (QED) is 0.682. The van der Waals surface area contributed by atoms with Gasteiger partial charge in [-0.25, -0.2) is 0 Å². The molecule has 2 amide bonds. The van der Waals surface area contributed by atoms with Gasteiger partial charge in [-0.2, -0.15) is 0 Å². The number of carbonyl (C=O) groups is 2. The number of hydrogen-bond donors (Lipinski definition) is 1. The largest absolute Gasteiger partial charge is 0.483 e. The van der Waals surface area contributed by atoms with Gasteiger partial charge in [-0.3, -0.25) is 9.59 Å². The molecule has 0 spiro atoms. The number of amides is 2. The second-order valence-corrected chi connectivity index (χ2v) is 9.45. The van der Waals surface area contributed by atoms with E-state index in [4.69, 9.17) is 4.74 Å². The van der Waals surface area contributed by atoms with E-state index in [1.165, 1.54) is 5.56 Å². The highest BCUT2D eigenvalue weighted by atomic mass is 16.5. The van der Waals surface area contributed by atoms with Crippen LogP contribution in [0, 0.1) is 6.92 Å². The molecule has 32 heavy (non-hydrogen) atoms. The fraction of sp³-hybridized carbons (Fsp3) is 0.407. The molecular weight excluding hydrogens is 400 g/mol. The summed E-state index contributed by atoms with van der Waals surface area (Å²) >= 11 is 0. The number of nitrogens with one attached hydrogen (secondary N) is 1. The second-order valence-electron chi connectivity index (χ2n) is 9.45. The van der Waals surface area contributed by atoms with Crippen molar-refractivity contribution in [3.8, 4) is 5.75 Å². The fourth-order valence-electron chi connectivity index (χ4n) is 3.85. The molecule has 0 unspecified atom stereocenters. The average Bonchev–Trinajstić information content (AvgIpc) is 2.77. The molecule has 1 fully saturated rings. The van der Waals surface area contributed by atoms with E-state index in [9.17, 15) is 9.59 Å². The van der Waals surface area contributed by atoms with E-state index in [0.29, 0.717) is 13.1 Å². The lowest BCUT2D eigenvalue weighted by Crippen LogP contribution is -2.47. The molecule has 1 aliphatic heterocycles. The van der Waals surface area contributed by atoms with Crippen LogP contribution < -0.4 is 10.1 Å². The highest BCUT2D eigenvalue weighted by Gasteiger charge is 2.24. The summed E-state index contributed by atoms with van der Waals surface area (Å²) in [5.41, 5.74) is 3.21. The number of benzene rings is 2. The first-order valence-corrected chi connectivity index (χ1v) is 11.3. The third-order valence-corrected chi connectivity index (χ3v) is 5.69. The Bertz CT molecular complexity index is 953. The van der Waals surface area contributed by atoms with Crippen molar-refractivity contribution in [1.29, 1.82) is 0 Å². The highest BCUT2D eigenvalue weighted by Crippen LogP contribution is 2.32. The Morgan fingerprint density at radius 2 is 1.78 bits per heavy atom. The third-order valence-electron chi connectivity index (χ3n) is 5.69. The molecule has 0 saturated carbocycles. The van der Waals surface area contributed by atoms with Crippen LogP contribution in [0.3, 0.4) is 0 Å². The molecule has 1 aliphatic rings. The number of nitrogens with zero attached hydrogens (tertiary/aromatic N) is 1. The number of piperidine rings is 1. The number of likely N-dealkylation sites (tertiary alicyclic amines) is 1. The summed E-state index contributed by atoms with van der Waals surface area (Å²) in [6, 6.07) is 15.9. The first-order valence-electron chi connectivity index (χ1n) is 11.3. The first kappa shape index (κ1) is 23.6. The monoisotopic (exact) mass is 434 g/mol. The maximum atomic E-state index is 12.5. The van der Waals surface area contributed by atoms with E-state index in [0.717, 1.165) is 29.7 Å². The van der Waals surface area contributed by atoms with Gasteiger partial charge in [0.05, 0.1) is 0 Å². The van der Waals surface area contributed by atoms with E-state index in [2.05, 4.69) is 39.1 Å². The van der Waals surface area contributed by atoms with Crippen LogP contribution in [-0.2, 0) is 15.0 Å². The van der Waals surface area contributed by atoms with Crippen molar-refractivity contribution >= 4 is 17.9 Å². The van der Waals surface area contributed by atoms with Gasteiger partial charge in [0.15, 0.2) is 6.61 Å². The predicted molar refractivity (Wildman–Crippen MR) is 129 cm³/mol. The third kappa shape index (κ3) is 6.71. The summed E-state index contributed by atoms with van der Waals surface area (Å²) in [7, 11) is 0. The van der Waals surface area contributed by atoms with E-state index in [-0.39, 0.29) is 29.9 Å². The van der Waals surface area contributed by atoms with Gasteiger partial charge in [0.1, 0.15) is 5.75 Å². The molecule has 1 heterocycles. The Hall–Kier alpha value is -3.08. The van der Waals surface area contributed by atoms with Crippen LogP contribution in [0.2, 0.25) is 0 Å². The van der Waals surface area contributed by atoms with Crippen LogP contribution in [0.15, 0.2) is 54.6 Å². The normalized spacial score (nSPS) is 15.1. The Labute approximate surface area is 191 Å². The molecule has 5 heteroatoms. The standard InChI is InChI=1S/C27H34N2O3/c1-20-10-12-24(23(18-20)27(2,3)4)32-19-25(30)28-22-14-16-29(17-15-22)26(31)13-11-21-8-6-5-7-9-21/h5-13,18,22H,14-17,19H2,1-4H3,(H,28,30)/b13-11+. The zero-order valence-corrected chi connectivity index (χ0v) is 19.6. The smallest absolute Gasteiger partial charge is 0.258 e. The molecular formula is C27H34N2O3. The summed E-state index contributed by atoms with van der Waals surface area (Å²) in [5, 5.41) is 3.06. The molecule has 0 bridgehead atoms. The van der Waals surface area contributed by atoms with Crippen LogP contribution in [-0.4, -0.2) is 42.5 Å². The van der Waals surface area contributed by atoms with E-state index in [1.54, 1.807) is 6.08 Å². The lowest BCUT2D eigenvalue weighted by atomic mass is 9.85. The molecule has 0 aromatic heterocycles. The number of carbonyl (C=O) groups excluding carboxylic acids is 2. The maximum Gasteiger partial charge on any atom is 0.258 e. The number of hydrogen-bond acceptors (Lipinski definition) is 3. The summed E-state index contributed by atoms with van der Waals surface area (Å²) in [5.74, 6) is 0.638. The van der Waals surface area contributed by atoms with Crippen LogP contribution in [0.5, 0.6) is 5.75 Å². The Balaban J connectivity index is 1.45. The molecule has 0 aliphatic carbocycles. The number of rotatable bonds is 6. The van der Waals surface area contributed by atoms with Crippen molar-refractivity contribution < 1.29 is 14.3 Å². The molecule has 2 aromatic carbocycles. The molecule has 170 valence electrons. The minimum absolute atomic E-state index is 0.00883. The van der Waals surface area contributed by atoms with Crippen LogP contribution in [0.4, 0.5) is 0 Å². The van der Waals surface area contributed by atoms with Crippen molar-refractivity contribution in [3.05, 3.63) is 71.3 Å².